The summed E-state index contributed by atoms with van der Waals surface area (Å²) in [6.45, 7) is 6.48. The second kappa shape index (κ2) is 5.74. The van der Waals surface area contributed by atoms with Crippen LogP contribution >= 0.6 is 0 Å². The monoisotopic (exact) mass is 306 g/mol. The zero-order valence-electron chi connectivity index (χ0n) is 14.1. The van der Waals surface area contributed by atoms with Gasteiger partial charge in [0.05, 0.1) is 12.0 Å². The van der Waals surface area contributed by atoms with Gasteiger partial charge in [0, 0.05) is 32.4 Å². The lowest BCUT2D eigenvalue weighted by Crippen LogP contribution is -2.49. The number of aromatic nitrogens is 2. The van der Waals surface area contributed by atoms with Gasteiger partial charge in [-0.1, -0.05) is 20.8 Å². The number of hydrogen-bond acceptors (Lipinski definition) is 3. The number of nitrogens with one attached hydrogen (secondary N) is 2. The molecule has 1 aliphatic carbocycles. The quantitative estimate of drug-likeness (QED) is 0.886. The molecular weight excluding hydrogens is 280 g/mol. The topological polar surface area (TPSA) is 78.1 Å². The second-order valence-electron chi connectivity index (χ2n) is 6.96. The van der Waals surface area contributed by atoms with E-state index in [1.807, 2.05) is 20.8 Å². The van der Waals surface area contributed by atoms with Gasteiger partial charge in [-0.25, -0.2) is 4.98 Å². The fraction of sp³-hybridized carbons (Fsp3) is 0.688. The highest BCUT2D eigenvalue weighted by molar-refractivity contribution is 5.87. The summed E-state index contributed by atoms with van der Waals surface area (Å²) in [4.78, 5) is 34.0. The SMILES string of the molecule is CNC(=O)[C@H]1CC[C@@](C)(C(=O)N(C)Cc2ncc[nH]2)C1(C)C. The minimum atomic E-state index is -0.550. The Hall–Kier alpha value is -1.85. The van der Waals surface area contributed by atoms with Crippen LogP contribution in [0.2, 0.25) is 0 Å². The van der Waals surface area contributed by atoms with Crippen LogP contribution in [0.4, 0.5) is 0 Å². The summed E-state index contributed by atoms with van der Waals surface area (Å²) in [6, 6.07) is 0. The Labute approximate surface area is 131 Å². The highest BCUT2D eigenvalue weighted by Gasteiger charge is 2.58. The summed E-state index contributed by atoms with van der Waals surface area (Å²) in [5, 5.41) is 2.73. The Morgan fingerprint density at radius 1 is 1.45 bits per heavy atom. The molecule has 6 heteroatoms. The van der Waals surface area contributed by atoms with Crippen LogP contribution in [0.5, 0.6) is 0 Å². The lowest BCUT2D eigenvalue weighted by Gasteiger charge is -2.41. The molecule has 2 amide bonds. The summed E-state index contributed by atoms with van der Waals surface area (Å²) in [5.41, 5.74) is -0.937. The molecule has 6 nitrogen and oxygen atoms in total. The van der Waals surface area contributed by atoms with Crippen LogP contribution in [0.1, 0.15) is 39.4 Å². The summed E-state index contributed by atoms with van der Waals surface area (Å²) in [6.07, 6.45) is 4.88. The van der Waals surface area contributed by atoms with Gasteiger partial charge in [0.25, 0.3) is 0 Å². The van der Waals surface area contributed by atoms with Crippen LogP contribution in [0, 0.1) is 16.7 Å². The molecule has 22 heavy (non-hydrogen) atoms. The normalized spacial score (nSPS) is 26.7. The smallest absolute Gasteiger partial charge is 0.229 e. The minimum Gasteiger partial charge on any atom is -0.359 e. The lowest BCUT2D eigenvalue weighted by atomic mass is 9.64. The molecule has 0 radical (unpaired) electrons. The minimum absolute atomic E-state index is 0.0233. The third kappa shape index (κ3) is 2.51. The van der Waals surface area contributed by atoms with E-state index in [0.717, 1.165) is 18.7 Å². The zero-order valence-corrected chi connectivity index (χ0v) is 14.1. The van der Waals surface area contributed by atoms with Crippen molar-refractivity contribution in [1.82, 2.24) is 20.2 Å². The fourth-order valence-electron chi connectivity index (χ4n) is 3.62. The first-order chi connectivity index (χ1) is 10.2. The van der Waals surface area contributed by atoms with Crippen LogP contribution in [-0.2, 0) is 16.1 Å². The van der Waals surface area contributed by atoms with Crippen LogP contribution in [0.3, 0.4) is 0 Å². The summed E-state index contributed by atoms with van der Waals surface area (Å²) in [5.74, 6) is 0.720. The predicted octanol–water partition coefficient (Wildman–Crippen LogP) is 1.56. The summed E-state index contributed by atoms with van der Waals surface area (Å²) >= 11 is 0. The van der Waals surface area contributed by atoms with Crippen molar-refractivity contribution in [2.45, 2.75) is 40.2 Å². The van der Waals surface area contributed by atoms with Crippen molar-refractivity contribution >= 4 is 11.8 Å². The van der Waals surface area contributed by atoms with E-state index in [9.17, 15) is 9.59 Å². The molecule has 1 heterocycles. The molecule has 0 aromatic carbocycles. The number of aromatic amines is 1. The molecule has 1 fully saturated rings. The van der Waals surface area contributed by atoms with Gasteiger partial charge < -0.3 is 15.2 Å². The van der Waals surface area contributed by atoms with Crippen LogP contribution in [0.15, 0.2) is 12.4 Å². The van der Waals surface area contributed by atoms with E-state index in [0.29, 0.717) is 6.54 Å². The van der Waals surface area contributed by atoms with Crippen molar-refractivity contribution in [3.05, 3.63) is 18.2 Å². The summed E-state index contributed by atoms with van der Waals surface area (Å²) < 4.78 is 0. The Bertz CT molecular complexity index is 553. The molecule has 0 spiro atoms. The molecule has 1 saturated carbocycles. The Morgan fingerprint density at radius 3 is 2.68 bits per heavy atom. The maximum absolute atomic E-state index is 13.0. The van der Waals surface area contributed by atoms with E-state index < -0.39 is 5.41 Å². The van der Waals surface area contributed by atoms with E-state index in [1.54, 1.807) is 31.4 Å². The first-order valence-electron chi connectivity index (χ1n) is 7.69. The molecule has 1 aromatic rings. The van der Waals surface area contributed by atoms with E-state index in [-0.39, 0.29) is 23.1 Å². The fourth-order valence-corrected chi connectivity index (χ4v) is 3.62. The number of hydrogen-bond donors (Lipinski definition) is 2. The lowest BCUT2D eigenvalue weighted by molar-refractivity contribution is -0.148. The molecular formula is C16H26N4O2. The van der Waals surface area contributed by atoms with Gasteiger partial charge in [0.1, 0.15) is 5.82 Å². The van der Waals surface area contributed by atoms with Crippen molar-refractivity contribution in [3.8, 4) is 0 Å². The molecule has 1 aromatic heterocycles. The first kappa shape index (κ1) is 16.5. The van der Waals surface area contributed by atoms with Gasteiger partial charge in [-0.15, -0.1) is 0 Å². The van der Waals surface area contributed by atoms with Crippen molar-refractivity contribution < 1.29 is 9.59 Å². The molecule has 2 atom stereocenters. The third-order valence-corrected chi connectivity index (χ3v) is 5.55. The number of rotatable bonds is 4. The van der Waals surface area contributed by atoms with E-state index >= 15 is 0 Å². The zero-order chi connectivity index (χ0) is 16.5. The number of carbonyl (C=O) groups excluding carboxylic acids is 2. The maximum Gasteiger partial charge on any atom is 0.229 e. The Morgan fingerprint density at radius 2 is 2.14 bits per heavy atom. The van der Waals surface area contributed by atoms with Gasteiger partial charge in [-0.2, -0.15) is 0 Å². The molecule has 0 saturated heterocycles. The maximum atomic E-state index is 13.0. The van der Waals surface area contributed by atoms with E-state index in [1.165, 1.54) is 0 Å². The van der Waals surface area contributed by atoms with Crippen LogP contribution < -0.4 is 5.32 Å². The molecule has 122 valence electrons. The Balaban J connectivity index is 2.19. The standard InChI is InChI=1S/C16H26N4O2/c1-15(2)11(13(21)17-4)6-7-16(15,3)14(22)20(5)10-12-18-8-9-19-12/h8-9,11H,6-7,10H2,1-5H3,(H,17,21)(H,18,19)/t11-,16+/m1/s1. The highest BCUT2D eigenvalue weighted by atomic mass is 16.2. The number of H-pyrrole nitrogens is 1. The molecule has 0 unspecified atom stereocenters. The molecule has 2 N–H and O–H groups in total. The number of carbonyl (C=O) groups is 2. The number of imidazole rings is 1. The molecule has 2 rings (SSSR count). The van der Waals surface area contributed by atoms with Crippen molar-refractivity contribution in [1.29, 1.82) is 0 Å². The van der Waals surface area contributed by atoms with E-state index in [4.69, 9.17) is 0 Å². The van der Waals surface area contributed by atoms with Crippen molar-refractivity contribution in [2.24, 2.45) is 16.7 Å². The van der Waals surface area contributed by atoms with Crippen LogP contribution in [0.25, 0.3) is 0 Å². The van der Waals surface area contributed by atoms with Gasteiger partial charge in [0.15, 0.2) is 0 Å². The molecule has 0 aliphatic heterocycles. The van der Waals surface area contributed by atoms with Gasteiger partial charge in [-0.05, 0) is 18.3 Å². The van der Waals surface area contributed by atoms with Gasteiger partial charge >= 0.3 is 0 Å². The van der Waals surface area contributed by atoms with E-state index in [2.05, 4.69) is 15.3 Å². The van der Waals surface area contributed by atoms with Crippen LogP contribution in [-0.4, -0.2) is 40.8 Å². The average molecular weight is 306 g/mol. The molecule has 0 bridgehead atoms. The number of nitrogens with zero attached hydrogens (tertiary/aromatic N) is 2. The second-order valence-corrected chi connectivity index (χ2v) is 6.96. The number of amides is 2. The largest absolute Gasteiger partial charge is 0.359 e. The van der Waals surface area contributed by atoms with Crippen molar-refractivity contribution in [3.63, 3.8) is 0 Å². The Kier molecular flexibility index (Phi) is 4.31. The predicted molar refractivity (Wildman–Crippen MR) is 83.7 cm³/mol. The molecule has 1 aliphatic rings. The van der Waals surface area contributed by atoms with Gasteiger partial charge in [0.2, 0.25) is 11.8 Å². The first-order valence-corrected chi connectivity index (χ1v) is 7.69. The third-order valence-electron chi connectivity index (χ3n) is 5.55. The summed E-state index contributed by atoms with van der Waals surface area (Å²) in [7, 11) is 3.44. The highest BCUT2D eigenvalue weighted by Crippen LogP contribution is 2.56. The van der Waals surface area contributed by atoms with Crippen molar-refractivity contribution in [2.75, 3.05) is 14.1 Å². The average Bonchev–Trinajstić information content (AvgIpc) is 3.05. The van der Waals surface area contributed by atoms with Gasteiger partial charge in [-0.3, -0.25) is 9.59 Å².